The summed E-state index contributed by atoms with van der Waals surface area (Å²) in [6.45, 7) is 0.899. The van der Waals surface area contributed by atoms with Crippen molar-refractivity contribution in [2.75, 3.05) is 5.75 Å². The molecule has 2 aromatic heterocycles. The van der Waals surface area contributed by atoms with Gasteiger partial charge in [0.2, 0.25) is 5.96 Å². The van der Waals surface area contributed by atoms with E-state index >= 15 is 0 Å². The van der Waals surface area contributed by atoms with Crippen molar-refractivity contribution in [3.63, 3.8) is 0 Å². The number of hydrogen-bond donors (Lipinski definition) is 2. The van der Waals surface area contributed by atoms with Crippen molar-refractivity contribution in [3.8, 4) is 11.3 Å². The molecular formula is C12H13N7S. The molecule has 0 atom stereocenters. The molecule has 20 heavy (non-hydrogen) atoms. The van der Waals surface area contributed by atoms with Gasteiger partial charge >= 0.3 is 0 Å². The van der Waals surface area contributed by atoms with Crippen LogP contribution in [0.2, 0.25) is 0 Å². The van der Waals surface area contributed by atoms with Crippen molar-refractivity contribution < 1.29 is 0 Å². The first-order valence-corrected chi connectivity index (χ1v) is 7.00. The minimum absolute atomic E-state index is 0.0697. The maximum absolute atomic E-state index is 5.27. The van der Waals surface area contributed by atoms with Gasteiger partial charge in [-0.2, -0.15) is 5.10 Å². The molecule has 102 valence electrons. The summed E-state index contributed by atoms with van der Waals surface area (Å²) in [5.41, 5.74) is 13.2. The van der Waals surface area contributed by atoms with Crippen molar-refractivity contribution >= 4 is 23.9 Å². The standard InChI is InChI=1S/C12H13N7S/c13-11(14)18-16-7-9-10(8-2-1-3-15-6-8)17-12-19(9)4-5-20-12/h1-3,6-7H,4-5H2,(H4,13,14,18)/b16-7+. The van der Waals surface area contributed by atoms with Gasteiger partial charge in [0.15, 0.2) is 5.16 Å². The Morgan fingerprint density at radius 2 is 2.35 bits per heavy atom. The van der Waals surface area contributed by atoms with Crippen molar-refractivity contribution in [1.29, 1.82) is 0 Å². The summed E-state index contributed by atoms with van der Waals surface area (Å²) in [6.07, 6.45) is 5.14. The maximum Gasteiger partial charge on any atom is 0.211 e. The Labute approximate surface area is 119 Å². The second kappa shape index (κ2) is 5.33. The molecule has 0 spiro atoms. The maximum atomic E-state index is 5.27. The number of fused-ring (bicyclic) bond motifs is 1. The predicted octanol–water partition coefficient (Wildman–Crippen LogP) is 0.658. The van der Waals surface area contributed by atoms with Crippen LogP contribution in [0.4, 0.5) is 0 Å². The normalized spacial score (nSPS) is 13.6. The molecular weight excluding hydrogens is 274 g/mol. The Morgan fingerprint density at radius 1 is 1.45 bits per heavy atom. The topological polar surface area (TPSA) is 107 Å². The second-order valence-corrected chi connectivity index (χ2v) is 5.20. The molecule has 8 heteroatoms. The highest BCUT2D eigenvalue weighted by Gasteiger charge is 2.21. The Hall–Kier alpha value is -2.35. The van der Waals surface area contributed by atoms with Gasteiger partial charge in [0.05, 0.1) is 11.9 Å². The smallest absolute Gasteiger partial charge is 0.211 e. The van der Waals surface area contributed by atoms with E-state index in [9.17, 15) is 0 Å². The lowest BCUT2D eigenvalue weighted by atomic mass is 10.2. The number of nitrogens with two attached hydrogens (primary N) is 2. The van der Waals surface area contributed by atoms with Crippen LogP contribution in [0, 0.1) is 0 Å². The lowest BCUT2D eigenvalue weighted by Crippen LogP contribution is -2.21. The molecule has 0 unspecified atom stereocenters. The van der Waals surface area contributed by atoms with Crippen LogP contribution in [0.1, 0.15) is 5.69 Å². The summed E-state index contributed by atoms with van der Waals surface area (Å²) >= 11 is 1.72. The summed E-state index contributed by atoms with van der Waals surface area (Å²) in [4.78, 5) is 8.77. The highest BCUT2D eigenvalue weighted by molar-refractivity contribution is 7.99. The van der Waals surface area contributed by atoms with E-state index in [1.54, 1.807) is 30.4 Å². The highest BCUT2D eigenvalue weighted by Crippen LogP contribution is 2.31. The molecule has 0 aliphatic carbocycles. The van der Waals surface area contributed by atoms with Crippen molar-refractivity contribution in [2.45, 2.75) is 11.7 Å². The second-order valence-electron chi connectivity index (χ2n) is 4.14. The fourth-order valence-corrected chi connectivity index (χ4v) is 2.95. The van der Waals surface area contributed by atoms with E-state index in [0.29, 0.717) is 0 Å². The van der Waals surface area contributed by atoms with Gasteiger partial charge in [-0.1, -0.05) is 11.8 Å². The predicted molar refractivity (Wildman–Crippen MR) is 79.6 cm³/mol. The monoisotopic (exact) mass is 287 g/mol. The molecule has 0 aromatic carbocycles. The van der Waals surface area contributed by atoms with Crippen LogP contribution in [0.5, 0.6) is 0 Å². The lowest BCUT2D eigenvalue weighted by molar-refractivity contribution is 0.715. The summed E-state index contributed by atoms with van der Waals surface area (Å²) in [7, 11) is 0. The number of hydrogen-bond acceptors (Lipinski definition) is 5. The summed E-state index contributed by atoms with van der Waals surface area (Å²) in [6, 6.07) is 3.84. The number of imidazole rings is 1. The molecule has 0 radical (unpaired) electrons. The number of thioether (sulfide) groups is 1. The Balaban J connectivity index is 2.07. The third-order valence-corrected chi connectivity index (χ3v) is 3.76. The van der Waals surface area contributed by atoms with Crippen LogP contribution < -0.4 is 11.5 Å². The minimum atomic E-state index is -0.0697. The van der Waals surface area contributed by atoms with Gasteiger partial charge in [-0.3, -0.25) is 4.98 Å². The third kappa shape index (κ3) is 2.37. The van der Waals surface area contributed by atoms with Gasteiger partial charge in [-0.15, -0.1) is 5.10 Å². The van der Waals surface area contributed by atoms with Crippen LogP contribution >= 0.6 is 11.8 Å². The van der Waals surface area contributed by atoms with E-state index in [4.69, 9.17) is 11.5 Å². The number of guanidine groups is 1. The van der Waals surface area contributed by atoms with E-state index in [2.05, 4.69) is 24.7 Å². The van der Waals surface area contributed by atoms with E-state index < -0.39 is 0 Å². The average molecular weight is 287 g/mol. The van der Waals surface area contributed by atoms with Gasteiger partial charge in [0.25, 0.3) is 0 Å². The molecule has 7 nitrogen and oxygen atoms in total. The van der Waals surface area contributed by atoms with Gasteiger partial charge < -0.3 is 16.0 Å². The SMILES string of the molecule is NC(N)=N/N=C/c1c(-c2cccnc2)nc2n1CCS2. The lowest BCUT2D eigenvalue weighted by Gasteiger charge is -2.01. The third-order valence-electron chi connectivity index (χ3n) is 2.81. The largest absolute Gasteiger partial charge is 0.369 e. The Bertz CT molecular complexity index is 671. The van der Waals surface area contributed by atoms with Gasteiger partial charge in [0, 0.05) is 30.3 Å². The quantitative estimate of drug-likeness (QED) is 0.490. The first kappa shape index (κ1) is 12.7. The zero-order chi connectivity index (χ0) is 13.9. The zero-order valence-corrected chi connectivity index (χ0v) is 11.4. The van der Waals surface area contributed by atoms with Crippen molar-refractivity contribution in [1.82, 2.24) is 14.5 Å². The molecule has 3 rings (SSSR count). The fourth-order valence-electron chi connectivity index (χ4n) is 1.99. The summed E-state index contributed by atoms with van der Waals surface area (Å²) < 4.78 is 2.11. The van der Waals surface area contributed by atoms with Crippen LogP contribution in [0.25, 0.3) is 11.3 Å². The fraction of sp³-hybridized carbons (Fsp3) is 0.167. The first-order chi connectivity index (χ1) is 9.75. The molecule has 0 saturated carbocycles. The van der Waals surface area contributed by atoms with Crippen LogP contribution in [-0.2, 0) is 6.54 Å². The molecule has 1 aliphatic rings. The van der Waals surface area contributed by atoms with E-state index in [-0.39, 0.29) is 5.96 Å². The van der Waals surface area contributed by atoms with Crippen LogP contribution in [0.15, 0.2) is 39.9 Å². The average Bonchev–Trinajstić information content (AvgIpc) is 3.01. The van der Waals surface area contributed by atoms with Crippen LogP contribution in [-0.4, -0.2) is 32.5 Å². The highest BCUT2D eigenvalue weighted by atomic mass is 32.2. The van der Waals surface area contributed by atoms with Crippen molar-refractivity contribution in [2.24, 2.45) is 21.7 Å². The molecule has 4 N–H and O–H groups in total. The van der Waals surface area contributed by atoms with Gasteiger partial charge in [-0.05, 0) is 12.1 Å². The zero-order valence-electron chi connectivity index (χ0n) is 10.6. The molecule has 0 fully saturated rings. The minimum Gasteiger partial charge on any atom is -0.369 e. The molecule has 0 bridgehead atoms. The van der Waals surface area contributed by atoms with Crippen molar-refractivity contribution in [3.05, 3.63) is 30.2 Å². The van der Waals surface area contributed by atoms with E-state index in [1.807, 2.05) is 12.1 Å². The Kier molecular flexibility index (Phi) is 3.38. The van der Waals surface area contributed by atoms with E-state index in [0.717, 1.165) is 34.4 Å². The number of nitrogens with zero attached hydrogens (tertiary/aromatic N) is 5. The molecule has 1 aliphatic heterocycles. The molecule has 0 saturated heterocycles. The molecule has 3 heterocycles. The Morgan fingerprint density at radius 3 is 3.10 bits per heavy atom. The number of rotatable bonds is 3. The first-order valence-electron chi connectivity index (χ1n) is 6.01. The van der Waals surface area contributed by atoms with Gasteiger partial charge in [-0.25, -0.2) is 4.98 Å². The van der Waals surface area contributed by atoms with E-state index in [1.165, 1.54) is 0 Å². The summed E-state index contributed by atoms with van der Waals surface area (Å²) in [5.74, 6) is 0.943. The van der Waals surface area contributed by atoms with Gasteiger partial charge in [0.1, 0.15) is 5.69 Å². The van der Waals surface area contributed by atoms with Crippen LogP contribution in [0.3, 0.4) is 0 Å². The molecule has 0 amide bonds. The summed E-state index contributed by atoms with van der Waals surface area (Å²) in [5, 5.41) is 8.52. The number of aromatic nitrogens is 3. The molecule has 2 aromatic rings. The number of pyridine rings is 1.